The fraction of sp³-hybridized carbons (Fsp3) is 0.130. The fourth-order valence-corrected chi connectivity index (χ4v) is 5.26. The van der Waals surface area contributed by atoms with Crippen LogP contribution >= 0.6 is 23.1 Å². The average molecular weight is 435 g/mol. The first kappa shape index (κ1) is 19.0. The maximum Gasteiger partial charge on any atom is 0.234 e. The van der Waals surface area contributed by atoms with E-state index in [9.17, 15) is 4.79 Å². The van der Waals surface area contributed by atoms with Crippen LogP contribution in [-0.4, -0.2) is 23.8 Å². The van der Waals surface area contributed by atoms with Crippen LogP contribution in [0.2, 0.25) is 0 Å². The molecular weight excluding hydrogens is 416 g/mol. The number of hydrogen-bond acceptors (Lipinski definition) is 6. The van der Waals surface area contributed by atoms with Gasteiger partial charge >= 0.3 is 0 Å². The number of benzene rings is 3. The summed E-state index contributed by atoms with van der Waals surface area (Å²) in [4.78, 5) is 17.1. The molecule has 0 saturated carbocycles. The van der Waals surface area contributed by atoms with Gasteiger partial charge in [0.2, 0.25) is 5.91 Å². The third kappa shape index (κ3) is 3.62. The summed E-state index contributed by atoms with van der Waals surface area (Å²) in [6.45, 7) is 0. The molecule has 5 aromatic rings. The molecule has 0 aliphatic heterocycles. The van der Waals surface area contributed by atoms with Gasteiger partial charge in [0.25, 0.3) is 0 Å². The number of amides is 1. The summed E-state index contributed by atoms with van der Waals surface area (Å²) in [6, 6.07) is 19.7. The Morgan fingerprint density at radius 2 is 1.93 bits per heavy atom. The van der Waals surface area contributed by atoms with Gasteiger partial charge in [-0.2, -0.15) is 0 Å². The minimum absolute atomic E-state index is 0.0881. The number of nitrogens with zero attached hydrogens (tertiary/aromatic N) is 1. The molecule has 150 valence electrons. The molecule has 0 aliphatic rings. The van der Waals surface area contributed by atoms with Crippen molar-refractivity contribution in [3.05, 3.63) is 65.7 Å². The van der Waals surface area contributed by atoms with Gasteiger partial charge in [-0.1, -0.05) is 30.3 Å². The lowest BCUT2D eigenvalue weighted by Crippen LogP contribution is -2.14. The Morgan fingerprint density at radius 1 is 1.10 bits per heavy atom. The minimum atomic E-state index is -0.0881. The van der Waals surface area contributed by atoms with E-state index in [0.29, 0.717) is 22.9 Å². The molecule has 30 heavy (non-hydrogen) atoms. The van der Waals surface area contributed by atoms with E-state index in [1.807, 2.05) is 54.6 Å². The van der Waals surface area contributed by atoms with Crippen molar-refractivity contribution in [2.75, 3.05) is 18.2 Å². The number of thioether (sulfide) groups is 1. The van der Waals surface area contributed by atoms with E-state index >= 15 is 0 Å². The molecule has 1 N–H and O–H groups in total. The molecule has 0 bridgehead atoms. The molecule has 0 fully saturated rings. The standard InChI is InChI=1S/C23H18N2O3S2/c1-27-20-10-15-14-6-2-4-8-18(14)28-19(15)11-17(20)24-22(26)12-29-13-23-25-16-7-3-5-9-21(16)30-23/h2-11H,12-13H2,1H3,(H,24,26). The number of methoxy groups -OCH3 is 1. The highest BCUT2D eigenvalue weighted by Crippen LogP contribution is 2.36. The Morgan fingerprint density at radius 3 is 2.80 bits per heavy atom. The van der Waals surface area contributed by atoms with Gasteiger partial charge in [0.15, 0.2) is 0 Å². The van der Waals surface area contributed by atoms with E-state index in [1.54, 1.807) is 30.2 Å². The monoisotopic (exact) mass is 434 g/mol. The summed E-state index contributed by atoms with van der Waals surface area (Å²) in [5.74, 6) is 1.55. The maximum absolute atomic E-state index is 12.5. The van der Waals surface area contributed by atoms with E-state index in [-0.39, 0.29) is 5.91 Å². The van der Waals surface area contributed by atoms with E-state index in [4.69, 9.17) is 9.15 Å². The third-order valence-electron chi connectivity index (χ3n) is 4.77. The normalized spacial score (nSPS) is 11.4. The van der Waals surface area contributed by atoms with Crippen molar-refractivity contribution < 1.29 is 13.9 Å². The van der Waals surface area contributed by atoms with Crippen LogP contribution in [-0.2, 0) is 10.5 Å². The highest BCUT2D eigenvalue weighted by atomic mass is 32.2. The Balaban J connectivity index is 1.29. The van der Waals surface area contributed by atoms with Crippen molar-refractivity contribution in [1.82, 2.24) is 4.98 Å². The smallest absolute Gasteiger partial charge is 0.234 e. The second-order valence-electron chi connectivity index (χ2n) is 6.76. The Kier molecular flexibility index (Phi) is 5.06. The lowest BCUT2D eigenvalue weighted by molar-refractivity contribution is -0.113. The Hall–Kier alpha value is -3.03. The van der Waals surface area contributed by atoms with Gasteiger partial charge in [-0.05, 0) is 24.3 Å². The molecular formula is C23H18N2O3S2. The second-order valence-corrected chi connectivity index (χ2v) is 8.86. The Bertz CT molecular complexity index is 1340. The maximum atomic E-state index is 12.5. The Labute approximate surface area is 181 Å². The molecule has 0 saturated heterocycles. The van der Waals surface area contributed by atoms with Gasteiger partial charge in [-0.25, -0.2) is 4.98 Å². The number of aromatic nitrogens is 1. The van der Waals surface area contributed by atoms with Crippen LogP contribution in [0.5, 0.6) is 5.75 Å². The molecule has 0 atom stereocenters. The van der Waals surface area contributed by atoms with Crippen LogP contribution in [0.15, 0.2) is 65.1 Å². The van der Waals surface area contributed by atoms with Crippen LogP contribution in [0.4, 0.5) is 5.69 Å². The number of rotatable bonds is 6. The van der Waals surface area contributed by atoms with Gasteiger partial charge in [0.05, 0.1) is 28.8 Å². The predicted octanol–water partition coefficient (Wildman–Crippen LogP) is 6.08. The molecule has 5 rings (SSSR count). The topological polar surface area (TPSA) is 64.4 Å². The van der Waals surface area contributed by atoms with Crippen LogP contribution in [0, 0.1) is 0 Å². The number of hydrogen-bond donors (Lipinski definition) is 1. The average Bonchev–Trinajstić information content (AvgIpc) is 3.33. The lowest BCUT2D eigenvalue weighted by atomic mass is 10.1. The number of furan rings is 1. The van der Waals surface area contributed by atoms with Crippen LogP contribution < -0.4 is 10.1 Å². The zero-order chi connectivity index (χ0) is 20.5. The van der Waals surface area contributed by atoms with E-state index in [2.05, 4.69) is 16.4 Å². The van der Waals surface area contributed by atoms with Crippen molar-refractivity contribution in [3.63, 3.8) is 0 Å². The summed E-state index contributed by atoms with van der Waals surface area (Å²) in [5.41, 5.74) is 3.14. The van der Waals surface area contributed by atoms with E-state index in [0.717, 1.165) is 32.5 Å². The van der Waals surface area contributed by atoms with Crippen molar-refractivity contribution in [2.45, 2.75) is 5.75 Å². The number of carbonyl (C=O) groups is 1. The number of thiazole rings is 1. The lowest BCUT2D eigenvalue weighted by Gasteiger charge is -2.10. The number of anilines is 1. The molecule has 7 heteroatoms. The van der Waals surface area contributed by atoms with Gasteiger partial charge in [0, 0.05) is 22.6 Å². The molecule has 3 aromatic carbocycles. The summed E-state index contributed by atoms with van der Waals surface area (Å²) >= 11 is 3.21. The van der Waals surface area contributed by atoms with Crippen molar-refractivity contribution in [2.24, 2.45) is 0 Å². The van der Waals surface area contributed by atoms with Crippen molar-refractivity contribution in [3.8, 4) is 5.75 Å². The number of ether oxygens (including phenoxy) is 1. The largest absolute Gasteiger partial charge is 0.495 e. The minimum Gasteiger partial charge on any atom is -0.495 e. The summed E-state index contributed by atoms with van der Waals surface area (Å²) in [5, 5.41) is 5.96. The molecule has 2 aromatic heterocycles. The van der Waals surface area contributed by atoms with Gasteiger partial charge < -0.3 is 14.5 Å². The first-order valence-electron chi connectivity index (χ1n) is 9.42. The first-order chi connectivity index (χ1) is 14.7. The summed E-state index contributed by atoms with van der Waals surface area (Å²) < 4.78 is 12.6. The highest BCUT2D eigenvalue weighted by Gasteiger charge is 2.14. The SMILES string of the molecule is COc1cc2c(cc1NC(=O)CSCc1nc3ccccc3s1)oc1ccccc12. The van der Waals surface area contributed by atoms with Crippen LogP contribution in [0.25, 0.3) is 32.2 Å². The highest BCUT2D eigenvalue weighted by molar-refractivity contribution is 7.99. The quantitative estimate of drug-likeness (QED) is 0.351. The number of nitrogens with one attached hydrogen (secondary N) is 1. The second kappa shape index (κ2) is 8.01. The number of para-hydroxylation sites is 2. The first-order valence-corrected chi connectivity index (χ1v) is 11.4. The third-order valence-corrected chi connectivity index (χ3v) is 6.93. The molecule has 0 aliphatic carbocycles. The van der Waals surface area contributed by atoms with Crippen LogP contribution in [0.3, 0.4) is 0 Å². The molecule has 5 nitrogen and oxygen atoms in total. The summed E-state index contributed by atoms with van der Waals surface area (Å²) in [6.07, 6.45) is 0. The van der Waals surface area contributed by atoms with Crippen molar-refractivity contribution in [1.29, 1.82) is 0 Å². The molecule has 0 radical (unpaired) electrons. The summed E-state index contributed by atoms with van der Waals surface area (Å²) in [7, 11) is 1.60. The molecule has 2 heterocycles. The van der Waals surface area contributed by atoms with Gasteiger partial charge in [-0.3, -0.25) is 4.79 Å². The molecule has 0 spiro atoms. The molecule has 0 unspecified atom stereocenters. The van der Waals surface area contributed by atoms with E-state index in [1.165, 1.54) is 4.70 Å². The zero-order valence-electron chi connectivity index (χ0n) is 16.2. The number of fused-ring (bicyclic) bond motifs is 4. The van der Waals surface area contributed by atoms with E-state index < -0.39 is 0 Å². The predicted molar refractivity (Wildman–Crippen MR) is 125 cm³/mol. The van der Waals surface area contributed by atoms with Crippen LogP contribution in [0.1, 0.15) is 5.01 Å². The van der Waals surface area contributed by atoms with Crippen molar-refractivity contribution >= 4 is 66.8 Å². The fourth-order valence-electron chi connectivity index (χ4n) is 3.42. The number of carbonyl (C=O) groups excluding carboxylic acids is 1. The van der Waals surface area contributed by atoms with Gasteiger partial charge in [0.1, 0.15) is 21.9 Å². The van der Waals surface area contributed by atoms with Gasteiger partial charge in [-0.15, -0.1) is 23.1 Å². The molecule has 1 amide bonds. The zero-order valence-corrected chi connectivity index (χ0v) is 17.8.